The Morgan fingerprint density at radius 1 is 1.23 bits per heavy atom. The van der Waals surface area contributed by atoms with Gasteiger partial charge >= 0.3 is 0 Å². The van der Waals surface area contributed by atoms with Crippen LogP contribution in [-0.4, -0.2) is 46.6 Å². The number of sulfonamides is 1. The molecular formula is C21H26FN5O2S. The van der Waals surface area contributed by atoms with E-state index in [1.165, 1.54) is 10.7 Å². The second-order valence-corrected chi connectivity index (χ2v) is 10.7. The van der Waals surface area contributed by atoms with Crippen molar-refractivity contribution in [1.29, 1.82) is 0 Å². The number of nitrogen functional groups attached to an aromatic ring is 1. The Bertz CT molecular complexity index is 1100. The Morgan fingerprint density at radius 3 is 2.70 bits per heavy atom. The lowest BCUT2D eigenvalue weighted by Crippen LogP contribution is -2.41. The molecular weight excluding hydrogens is 405 g/mol. The van der Waals surface area contributed by atoms with Crippen LogP contribution in [0, 0.1) is 11.2 Å². The summed E-state index contributed by atoms with van der Waals surface area (Å²) in [7, 11) is -1.78. The second-order valence-electron chi connectivity index (χ2n) is 8.70. The molecule has 0 unspecified atom stereocenters. The molecule has 0 saturated carbocycles. The number of fused-ring (bicyclic) bond motifs is 1. The molecule has 3 aliphatic rings. The number of nitrogens with two attached hydrogens (primary N) is 1. The molecule has 2 aromatic rings. The Hall–Kier alpha value is -2.39. The van der Waals surface area contributed by atoms with Crippen molar-refractivity contribution in [1.82, 2.24) is 10.3 Å². The molecule has 0 amide bonds. The van der Waals surface area contributed by atoms with Crippen molar-refractivity contribution in [3.05, 3.63) is 35.8 Å². The van der Waals surface area contributed by atoms with Crippen molar-refractivity contribution >= 4 is 27.2 Å². The van der Waals surface area contributed by atoms with Crippen LogP contribution in [0.2, 0.25) is 0 Å². The van der Waals surface area contributed by atoms with E-state index in [1.54, 1.807) is 19.3 Å². The van der Waals surface area contributed by atoms with Gasteiger partial charge in [-0.15, -0.1) is 0 Å². The predicted octanol–water partition coefficient (Wildman–Crippen LogP) is 2.33. The summed E-state index contributed by atoms with van der Waals surface area (Å²) < 4.78 is 41.0. The predicted molar refractivity (Wildman–Crippen MR) is 116 cm³/mol. The van der Waals surface area contributed by atoms with E-state index in [9.17, 15) is 8.42 Å². The summed E-state index contributed by atoms with van der Waals surface area (Å²) in [6.07, 6.45) is 4.79. The van der Waals surface area contributed by atoms with Gasteiger partial charge in [-0.25, -0.2) is 17.8 Å². The Kier molecular flexibility index (Phi) is 4.44. The molecule has 9 heteroatoms. The molecule has 2 fully saturated rings. The van der Waals surface area contributed by atoms with Crippen molar-refractivity contribution in [2.45, 2.75) is 25.0 Å². The van der Waals surface area contributed by atoms with Crippen LogP contribution in [-0.2, 0) is 15.8 Å². The average molecular weight is 432 g/mol. The number of hydrogen-bond donors (Lipinski definition) is 2. The smallest absolute Gasteiger partial charge is 0.239 e. The van der Waals surface area contributed by atoms with Crippen LogP contribution in [0.4, 0.5) is 21.6 Å². The number of nitrogens with one attached hydrogen (secondary N) is 1. The Balaban J connectivity index is 1.53. The number of halogens is 1. The highest BCUT2D eigenvalue weighted by atomic mass is 32.2. The first kappa shape index (κ1) is 19.6. The normalized spacial score (nSPS) is 21.9. The number of anilines is 3. The first-order chi connectivity index (χ1) is 14.3. The minimum absolute atomic E-state index is 0.0495. The third-order valence-electron chi connectivity index (χ3n) is 6.98. The molecule has 7 nitrogen and oxygen atoms in total. The number of nitrogens with zero attached hydrogens (tertiary/aromatic N) is 3. The van der Waals surface area contributed by atoms with E-state index < -0.39 is 15.8 Å². The monoisotopic (exact) mass is 431 g/mol. The highest BCUT2D eigenvalue weighted by Crippen LogP contribution is 2.43. The van der Waals surface area contributed by atoms with E-state index in [-0.39, 0.29) is 11.6 Å². The van der Waals surface area contributed by atoms with E-state index in [0.717, 1.165) is 44.6 Å². The first-order valence-electron chi connectivity index (χ1n) is 10.3. The summed E-state index contributed by atoms with van der Waals surface area (Å²) in [6, 6.07) is 5.44. The molecule has 1 aromatic carbocycles. The average Bonchev–Trinajstić information content (AvgIpc) is 3.26. The molecule has 3 N–H and O–H groups in total. The zero-order valence-corrected chi connectivity index (χ0v) is 17.8. The summed E-state index contributed by atoms with van der Waals surface area (Å²) in [4.78, 5) is 6.13. The third-order valence-corrected chi connectivity index (χ3v) is 8.69. The number of rotatable bonds is 2. The van der Waals surface area contributed by atoms with Crippen molar-refractivity contribution in [2.75, 3.05) is 48.2 Å². The van der Waals surface area contributed by atoms with Gasteiger partial charge in [-0.2, -0.15) is 0 Å². The van der Waals surface area contributed by atoms with Gasteiger partial charge in [-0.1, -0.05) is 6.07 Å². The number of benzene rings is 1. The van der Waals surface area contributed by atoms with Crippen LogP contribution < -0.4 is 20.3 Å². The minimum Gasteiger partial charge on any atom is -0.381 e. The standard InChI is InChI=1S/C21H26FN5O2S/c1-26-17-3-2-14(10-15(17)12-30(26,28)29)16-11-25-20(23)18(22)19(16)27-8-5-21(6-9-27)4-7-24-13-21/h2-3,10-11,24H,4-9,12-13H2,1H3,(H2,23,25). The van der Waals surface area contributed by atoms with Crippen LogP contribution in [0.25, 0.3) is 11.1 Å². The van der Waals surface area contributed by atoms with Crippen LogP contribution >= 0.6 is 0 Å². The van der Waals surface area contributed by atoms with Crippen molar-refractivity contribution < 1.29 is 12.8 Å². The first-order valence-corrected chi connectivity index (χ1v) is 11.9. The topological polar surface area (TPSA) is 91.6 Å². The molecule has 1 spiro atoms. The van der Waals surface area contributed by atoms with Gasteiger partial charge in [0.2, 0.25) is 10.0 Å². The summed E-state index contributed by atoms with van der Waals surface area (Å²) in [5.41, 5.74) is 9.40. The van der Waals surface area contributed by atoms with Crippen LogP contribution in [0.3, 0.4) is 0 Å². The molecule has 0 atom stereocenters. The van der Waals surface area contributed by atoms with Crippen molar-refractivity contribution in [3.63, 3.8) is 0 Å². The molecule has 3 aliphatic heterocycles. The number of aromatic nitrogens is 1. The van der Waals surface area contributed by atoms with Gasteiger partial charge in [0, 0.05) is 38.4 Å². The fraction of sp³-hybridized carbons (Fsp3) is 0.476. The lowest BCUT2D eigenvalue weighted by Gasteiger charge is -2.40. The van der Waals surface area contributed by atoms with Gasteiger partial charge in [0.25, 0.3) is 0 Å². The van der Waals surface area contributed by atoms with Crippen molar-refractivity contribution in [3.8, 4) is 11.1 Å². The van der Waals surface area contributed by atoms with Crippen LogP contribution in [0.1, 0.15) is 24.8 Å². The van der Waals surface area contributed by atoms with Crippen molar-refractivity contribution in [2.24, 2.45) is 5.41 Å². The summed E-state index contributed by atoms with van der Waals surface area (Å²) in [6.45, 7) is 3.60. The minimum atomic E-state index is -3.33. The van der Waals surface area contributed by atoms with Gasteiger partial charge < -0.3 is 16.0 Å². The van der Waals surface area contributed by atoms with Gasteiger partial charge in [0.15, 0.2) is 11.6 Å². The fourth-order valence-electron chi connectivity index (χ4n) is 5.06. The third kappa shape index (κ3) is 3.02. The van der Waals surface area contributed by atoms with Gasteiger partial charge in [0.1, 0.15) is 0 Å². The summed E-state index contributed by atoms with van der Waals surface area (Å²) >= 11 is 0. The zero-order valence-electron chi connectivity index (χ0n) is 17.0. The highest BCUT2D eigenvalue weighted by Gasteiger charge is 2.38. The SMILES string of the molecule is CN1c2ccc(-c3cnc(N)c(F)c3N3CCC4(CCNC4)CC3)cc2CS1(=O)=O. The van der Waals surface area contributed by atoms with E-state index in [1.807, 2.05) is 12.1 Å². The number of pyridine rings is 1. The van der Waals surface area contributed by atoms with E-state index >= 15 is 4.39 Å². The molecule has 2 saturated heterocycles. The quantitative estimate of drug-likeness (QED) is 0.758. The van der Waals surface area contributed by atoms with E-state index in [2.05, 4.69) is 15.2 Å². The second kappa shape index (κ2) is 6.81. The highest BCUT2D eigenvalue weighted by molar-refractivity contribution is 7.92. The molecule has 160 valence electrons. The van der Waals surface area contributed by atoms with Crippen LogP contribution in [0.5, 0.6) is 0 Å². The lowest BCUT2D eigenvalue weighted by atomic mass is 9.77. The maximum atomic E-state index is 15.2. The lowest BCUT2D eigenvalue weighted by molar-refractivity contribution is 0.247. The number of hydrogen-bond acceptors (Lipinski definition) is 6. The Labute approximate surface area is 176 Å². The molecule has 1 aromatic heterocycles. The van der Waals surface area contributed by atoms with Gasteiger partial charge in [-0.3, -0.25) is 4.31 Å². The maximum absolute atomic E-state index is 15.2. The summed E-state index contributed by atoms with van der Waals surface area (Å²) in [5.74, 6) is -0.662. The molecule has 4 heterocycles. The molecule has 0 bridgehead atoms. The van der Waals surface area contributed by atoms with E-state index in [0.29, 0.717) is 27.9 Å². The number of piperidine rings is 1. The maximum Gasteiger partial charge on any atom is 0.239 e. The van der Waals surface area contributed by atoms with Gasteiger partial charge in [0.05, 0.1) is 17.1 Å². The summed E-state index contributed by atoms with van der Waals surface area (Å²) in [5, 5.41) is 3.45. The zero-order chi connectivity index (χ0) is 21.1. The molecule has 5 rings (SSSR count). The molecule has 0 aliphatic carbocycles. The molecule has 30 heavy (non-hydrogen) atoms. The van der Waals surface area contributed by atoms with E-state index in [4.69, 9.17) is 5.73 Å². The molecule has 0 radical (unpaired) electrons. The fourth-order valence-corrected chi connectivity index (χ4v) is 6.35. The Morgan fingerprint density at radius 2 is 2.00 bits per heavy atom. The largest absolute Gasteiger partial charge is 0.381 e. The van der Waals surface area contributed by atoms with Crippen LogP contribution in [0.15, 0.2) is 24.4 Å². The van der Waals surface area contributed by atoms with Gasteiger partial charge in [-0.05, 0) is 54.5 Å².